The van der Waals surface area contributed by atoms with Crippen molar-refractivity contribution in [3.63, 3.8) is 0 Å². The number of benzene rings is 2. The Balaban J connectivity index is 2.27. The Morgan fingerprint density at radius 3 is 2.52 bits per heavy atom. The summed E-state index contributed by atoms with van der Waals surface area (Å²) in [6.45, 7) is 4.76. The number of nitrogens with one attached hydrogen (secondary N) is 1. The van der Waals surface area contributed by atoms with Gasteiger partial charge < -0.3 is 10.4 Å². The lowest BCUT2D eigenvalue weighted by Gasteiger charge is -2.33. The van der Waals surface area contributed by atoms with E-state index in [0.717, 1.165) is 11.3 Å². The van der Waals surface area contributed by atoms with Crippen molar-refractivity contribution in [2.75, 3.05) is 18.5 Å². The Hall–Kier alpha value is -2.02. The predicted octanol–water partition coefficient (Wildman–Crippen LogP) is 4.43. The predicted molar refractivity (Wildman–Crippen MR) is 94.7 cm³/mol. The summed E-state index contributed by atoms with van der Waals surface area (Å²) in [7, 11) is 0. The highest BCUT2D eigenvalue weighted by atomic mass is 35.5. The molecule has 0 amide bonds. The van der Waals surface area contributed by atoms with Gasteiger partial charge in [-0.3, -0.25) is 0 Å². The van der Waals surface area contributed by atoms with E-state index >= 15 is 0 Å². The molecule has 0 spiro atoms. The summed E-state index contributed by atoms with van der Waals surface area (Å²) in [4.78, 5) is 0. The van der Waals surface area contributed by atoms with Gasteiger partial charge in [-0.1, -0.05) is 55.8 Å². The molecule has 0 aliphatic carbocycles. The molecule has 23 heavy (non-hydrogen) atoms. The highest BCUT2D eigenvalue weighted by Gasteiger charge is 2.30. The van der Waals surface area contributed by atoms with Crippen LogP contribution in [0.3, 0.4) is 0 Å². The van der Waals surface area contributed by atoms with Crippen molar-refractivity contribution in [3.8, 4) is 6.07 Å². The van der Waals surface area contributed by atoms with Gasteiger partial charge in [0.25, 0.3) is 0 Å². The van der Waals surface area contributed by atoms with Crippen molar-refractivity contribution in [1.29, 1.82) is 5.26 Å². The lowest BCUT2D eigenvalue weighted by molar-refractivity contribution is 0.134. The molecule has 2 aromatic rings. The lowest BCUT2D eigenvalue weighted by Crippen LogP contribution is -2.31. The number of hydrogen-bond donors (Lipinski definition) is 2. The molecular weight excluding hydrogens is 308 g/mol. The molecular formula is C19H21ClN2O. The quantitative estimate of drug-likeness (QED) is 0.825. The van der Waals surface area contributed by atoms with Gasteiger partial charge in [0.2, 0.25) is 0 Å². The fourth-order valence-electron chi connectivity index (χ4n) is 2.61. The van der Waals surface area contributed by atoms with E-state index in [2.05, 4.69) is 23.5 Å². The molecule has 0 heterocycles. The topological polar surface area (TPSA) is 56.0 Å². The van der Waals surface area contributed by atoms with Gasteiger partial charge in [0.1, 0.15) is 6.07 Å². The Kier molecular flexibility index (Phi) is 5.65. The highest BCUT2D eigenvalue weighted by Crippen LogP contribution is 2.35. The number of aliphatic hydroxyl groups is 1. The van der Waals surface area contributed by atoms with Crippen molar-refractivity contribution in [3.05, 3.63) is 64.7 Å². The SMILES string of the molecule is CC(C)(CO)C(CNc1cc(Cl)ccc1C#N)c1ccccc1. The van der Waals surface area contributed by atoms with Crippen LogP contribution in [0.5, 0.6) is 0 Å². The summed E-state index contributed by atoms with van der Waals surface area (Å²) in [5.41, 5.74) is 2.14. The van der Waals surface area contributed by atoms with Crippen LogP contribution < -0.4 is 5.32 Å². The molecule has 0 saturated carbocycles. The van der Waals surface area contributed by atoms with E-state index in [-0.39, 0.29) is 17.9 Å². The first-order valence-electron chi connectivity index (χ1n) is 7.57. The van der Waals surface area contributed by atoms with E-state index in [1.54, 1.807) is 18.2 Å². The van der Waals surface area contributed by atoms with Gasteiger partial charge in [0, 0.05) is 24.1 Å². The minimum atomic E-state index is -0.292. The first-order chi connectivity index (χ1) is 11.0. The monoisotopic (exact) mass is 328 g/mol. The second-order valence-corrected chi connectivity index (χ2v) is 6.73. The number of anilines is 1. The highest BCUT2D eigenvalue weighted by molar-refractivity contribution is 6.30. The third-order valence-corrected chi connectivity index (χ3v) is 4.39. The smallest absolute Gasteiger partial charge is 0.101 e. The molecule has 0 aliphatic rings. The zero-order valence-electron chi connectivity index (χ0n) is 13.4. The van der Waals surface area contributed by atoms with Gasteiger partial charge in [-0.05, 0) is 29.2 Å². The molecule has 0 aliphatic heterocycles. The van der Waals surface area contributed by atoms with Crippen molar-refractivity contribution < 1.29 is 5.11 Å². The Morgan fingerprint density at radius 1 is 1.22 bits per heavy atom. The number of hydrogen-bond acceptors (Lipinski definition) is 3. The third-order valence-electron chi connectivity index (χ3n) is 4.15. The minimum absolute atomic E-state index is 0.0783. The molecule has 0 aromatic heterocycles. The molecule has 0 fully saturated rings. The van der Waals surface area contributed by atoms with Crippen molar-refractivity contribution in [2.45, 2.75) is 19.8 Å². The maximum Gasteiger partial charge on any atom is 0.101 e. The van der Waals surface area contributed by atoms with Gasteiger partial charge in [0.05, 0.1) is 11.3 Å². The first-order valence-corrected chi connectivity index (χ1v) is 7.95. The molecule has 2 rings (SSSR count). The summed E-state index contributed by atoms with van der Waals surface area (Å²) in [6.07, 6.45) is 0. The number of nitriles is 1. The Labute approximate surface area is 142 Å². The lowest BCUT2D eigenvalue weighted by atomic mass is 9.75. The number of rotatable bonds is 6. The molecule has 0 bridgehead atoms. The second-order valence-electron chi connectivity index (χ2n) is 6.29. The number of halogens is 1. The minimum Gasteiger partial charge on any atom is -0.396 e. The van der Waals surface area contributed by atoms with Gasteiger partial charge in [-0.25, -0.2) is 0 Å². The van der Waals surface area contributed by atoms with Crippen LogP contribution in [0.1, 0.15) is 30.9 Å². The van der Waals surface area contributed by atoms with Crippen LogP contribution in [0.25, 0.3) is 0 Å². The molecule has 0 radical (unpaired) electrons. The van der Waals surface area contributed by atoms with Gasteiger partial charge in [-0.2, -0.15) is 5.26 Å². The summed E-state index contributed by atoms with van der Waals surface area (Å²) in [5, 5.41) is 22.9. The van der Waals surface area contributed by atoms with Gasteiger partial charge in [-0.15, -0.1) is 0 Å². The van der Waals surface area contributed by atoms with Crippen LogP contribution in [0.4, 0.5) is 5.69 Å². The third kappa shape index (κ3) is 4.25. The number of nitrogens with zero attached hydrogens (tertiary/aromatic N) is 1. The van der Waals surface area contributed by atoms with E-state index in [1.807, 2.05) is 32.0 Å². The molecule has 1 atom stereocenters. The van der Waals surface area contributed by atoms with Gasteiger partial charge in [0.15, 0.2) is 0 Å². The molecule has 3 nitrogen and oxygen atoms in total. The molecule has 1 unspecified atom stereocenters. The van der Waals surface area contributed by atoms with E-state index in [0.29, 0.717) is 17.1 Å². The maximum atomic E-state index is 9.77. The van der Waals surface area contributed by atoms with Crippen LogP contribution in [0, 0.1) is 16.7 Å². The first kappa shape index (κ1) is 17.3. The van der Waals surface area contributed by atoms with Crippen molar-refractivity contribution in [1.82, 2.24) is 0 Å². The van der Waals surface area contributed by atoms with Crippen LogP contribution >= 0.6 is 11.6 Å². The fraction of sp³-hybridized carbons (Fsp3) is 0.316. The summed E-state index contributed by atoms with van der Waals surface area (Å²) < 4.78 is 0. The molecule has 2 N–H and O–H groups in total. The Morgan fingerprint density at radius 2 is 1.91 bits per heavy atom. The van der Waals surface area contributed by atoms with Crippen molar-refractivity contribution >= 4 is 17.3 Å². The van der Waals surface area contributed by atoms with Crippen molar-refractivity contribution in [2.24, 2.45) is 5.41 Å². The zero-order valence-corrected chi connectivity index (χ0v) is 14.1. The summed E-state index contributed by atoms with van der Waals surface area (Å²) in [5.74, 6) is 0.0965. The number of aliphatic hydroxyl groups excluding tert-OH is 1. The van der Waals surface area contributed by atoms with Gasteiger partial charge >= 0.3 is 0 Å². The van der Waals surface area contributed by atoms with Crippen LogP contribution in [0.2, 0.25) is 5.02 Å². The van der Waals surface area contributed by atoms with Crippen LogP contribution in [-0.2, 0) is 0 Å². The molecule has 4 heteroatoms. The Bertz CT molecular complexity index is 692. The normalized spacial score (nSPS) is 12.5. The fourth-order valence-corrected chi connectivity index (χ4v) is 2.79. The molecule has 120 valence electrons. The van der Waals surface area contributed by atoms with E-state index < -0.39 is 0 Å². The summed E-state index contributed by atoms with van der Waals surface area (Å²) >= 11 is 6.03. The van der Waals surface area contributed by atoms with E-state index in [1.165, 1.54) is 0 Å². The zero-order chi connectivity index (χ0) is 16.9. The van der Waals surface area contributed by atoms with Crippen LogP contribution in [-0.4, -0.2) is 18.3 Å². The standard InChI is InChI=1S/C19H21ClN2O/c1-19(2,13-23)17(14-6-4-3-5-7-14)12-22-18-10-16(20)9-8-15(18)11-21/h3-10,17,22-23H,12-13H2,1-2H3. The second kappa shape index (κ2) is 7.50. The van der Waals surface area contributed by atoms with Crippen LogP contribution in [0.15, 0.2) is 48.5 Å². The molecule has 2 aromatic carbocycles. The van der Waals surface area contributed by atoms with E-state index in [4.69, 9.17) is 11.6 Å². The summed E-state index contributed by atoms with van der Waals surface area (Å²) in [6, 6.07) is 17.4. The largest absolute Gasteiger partial charge is 0.396 e. The molecule has 0 saturated heterocycles. The average Bonchev–Trinajstić information content (AvgIpc) is 2.56. The average molecular weight is 329 g/mol. The van der Waals surface area contributed by atoms with E-state index in [9.17, 15) is 10.4 Å². The maximum absolute atomic E-state index is 9.77.